The van der Waals surface area contributed by atoms with Gasteiger partial charge in [0, 0.05) is 6.08 Å². The van der Waals surface area contributed by atoms with Crippen molar-refractivity contribution in [2.45, 2.75) is 79.8 Å². The number of hydrogen-bond acceptors (Lipinski definition) is 2. The third kappa shape index (κ3) is 12.4. The molecule has 0 aliphatic rings. The Morgan fingerprint density at radius 1 is 1.05 bits per heavy atom. The van der Waals surface area contributed by atoms with Gasteiger partial charge in [-0.2, -0.15) is 0 Å². The van der Waals surface area contributed by atoms with Gasteiger partial charge in [0.2, 0.25) is 0 Å². The van der Waals surface area contributed by atoms with E-state index in [0.717, 1.165) is 23.8 Å². The molecule has 0 aromatic rings. The molecule has 0 spiro atoms. The molecule has 0 aliphatic carbocycles. The van der Waals surface area contributed by atoms with Crippen molar-refractivity contribution in [3.05, 3.63) is 23.8 Å². The molecule has 0 radical (unpaired) electrons. The third-order valence-corrected chi connectivity index (χ3v) is 3.75. The van der Waals surface area contributed by atoms with Crippen LogP contribution in [-0.4, -0.2) is 12.1 Å². The molecule has 0 aromatic heterocycles. The van der Waals surface area contributed by atoms with Gasteiger partial charge in [0.15, 0.2) is 0 Å². The Kier molecular flexibility index (Phi) is 11.0. The first-order valence-electron chi connectivity index (χ1n) is 8.40. The lowest BCUT2D eigenvalue weighted by molar-refractivity contribution is -0.141. The molecule has 2 unspecified atom stereocenters. The standard InChI is InChI=1S/C19H34O2/c1-7-16(4)12-13-17(5)10-8-9-11-18(6)14-19(20)21-15(2)3/h9,11,14-17H,7-8,10,12-13H2,1-6H3/b11-9+,18-14+. The zero-order valence-corrected chi connectivity index (χ0v) is 14.8. The van der Waals surface area contributed by atoms with Gasteiger partial charge in [0.05, 0.1) is 6.10 Å². The van der Waals surface area contributed by atoms with E-state index in [4.69, 9.17) is 4.74 Å². The van der Waals surface area contributed by atoms with Crippen LogP contribution in [0.1, 0.15) is 73.6 Å². The topological polar surface area (TPSA) is 26.3 Å². The van der Waals surface area contributed by atoms with Crippen LogP contribution in [-0.2, 0) is 9.53 Å². The summed E-state index contributed by atoms with van der Waals surface area (Å²) in [6.45, 7) is 12.6. The summed E-state index contributed by atoms with van der Waals surface area (Å²) in [5.41, 5.74) is 0.952. The van der Waals surface area contributed by atoms with E-state index in [-0.39, 0.29) is 12.1 Å². The lowest BCUT2D eigenvalue weighted by Gasteiger charge is -2.13. The predicted octanol–water partition coefficient (Wildman–Crippen LogP) is 5.68. The molecule has 0 saturated carbocycles. The summed E-state index contributed by atoms with van der Waals surface area (Å²) >= 11 is 0. The van der Waals surface area contributed by atoms with E-state index in [1.807, 2.05) is 26.8 Å². The minimum Gasteiger partial charge on any atom is -0.460 e. The Bertz CT molecular complexity index is 339. The summed E-state index contributed by atoms with van der Waals surface area (Å²) in [4.78, 5) is 11.4. The largest absolute Gasteiger partial charge is 0.460 e. The van der Waals surface area contributed by atoms with Gasteiger partial charge in [0.25, 0.3) is 0 Å². The average Bonchev–Trinajstić information content (AvgIpc) is 2.39. The smallest absolute Gasteiger partial charge is 0.331 e. The van der Waals surface area contributed by atoms with Crippen molar-refractivity contribution >= 4 is 5.97 Å². The van der Waals surface area contributed by atoms with Crippen molar-refractivity contribution in [1.82, 2.24) is 0 Å². The summed E-state index contributed by atoms with van der Waals surface area (Å²) < 4.78 is 5.08. The fraction of sp³-hybridized carbons (Fsp3) is 0.737. The maximum atomic E-state index is 11.4. The monoisotopic (exact) mass is 294 g/mol. The third-order valence-electron chi connectivity index (χ3n) is 3.75. The predicted molar refractivity (Wildman–Crippen MR) is 91.2 cm³/mol. The van der Waals surface area contributed by atoms with E-state index >= 15 is 0 Å². The number of hydrogen-bond donors (Lipinski definition) is 0. The molecule has 122 valence electrons. The molecule has 21 heavy (non-hydrogen) atoms. The number of rotatable bonds is 10. The second kappa shape index (κ2) is 11.6. The second-order valence-electron chi connectivity index (χ2n) is 6.55. The second-order valence-corrected chi connectivity index (χ2v) is 6.55. The summed E-state index contributed by atoms with van der Waals surface area (Å²) in [6, 6.07) is 0. The number of esters is 1. The molecule has 2 atom stereocenters. The minimum absolute atomic E-state index is 0.0584. The van der Waals surface area contributed by atoms with Crippen molar-refractivity contribution in [3.8, 4) is 0 Å². The quantitative estimate of drug-likeness (QED) is 0.294. The van der Waals surface area contributed by atoms with Gasteiger partial charge in [-0.05, 0) is 51.0 Å². The van der Waals surface area contributed by atoms with E-state index in [1.54, 1.807) is 6.08 Å². The van der Waals surface area contributed by atoms with Crippen LogP contribution in [0.2, 0.25) is 0 Å². The minimum atomic E-state index is -0.255. The van der Waals surface area contributed by atoms with Crippen molar-refractivity contribution in [2.75, 3.05) is 0 Å². The molecule has 0 amide bonds. The highest BCUT2D eigenvalue weighted by atomic mass is 16.5. The van der Waals surface area contributed by atoms with Gasteiger partial charge >= 0.3 is 5.97 Å². The Morgan fingerprint density at radius 3 is 2.24 bits per heavy atom. The number of carbonyl (C=O) groups excluding carboxylic acids is 1. The molecule has 0 aromatic carbocycles. The van der Waals surface area contributed by atoms with Gasteiger partial charge in [-0.1, -0.05) is 52.2 Å². The van der Waals surface area contributed by atoms with Crippen LogP contribution in [0.5, 0.6) is 0 Å². The van der Waals surface area contributed by atoms with Gasteiger partial charge < -0.3 is 4.74 Å². The first-order chi connectivity index (χ1) is 9.85. The summed E-state index contributed by atoms with van der Waals surface area (Å²) in [5, 5.41) is 0. The highest BCUT2D eigenvalue weighted by molar-refractivity contribution is 5.83. The van der Waals surface area contributed by atoms with Crippen LogP contribution in [0.3, 0.4) is 0 Å². The van der Waals surface area contributed by atoms with Gasteiger partial charge in [-0.15, -0.1) is 0 Å². The molecule has 2 heteroatoms. The normalized spacial score (nSPS) is 15.5. The van der Waals surface area contributed by atoms with E-state index in [0.29, 0.717) is 0 Å². The zero-order valence-electron chi connectivity index (χ0n) is 14.8. The van der Waals surface area contributed by atoms with Gasteiger partial charge in [-0.25, -0.2) is 4.79 Å². The molecular formula is C19H34O2. The SMILES string of the molecule is CCC(C)CCC(C)CC/C=C/C(C)=C/C(=O)OC(C)C. The van der Waals surface area contributed by atoms with Crippen LogP contribution in [0.4, 0.5) is 0 Å². The summed E-state index contributed by atoms with van der Waals surface area (Å²) in [7, 11) is 0. The maximum Gasteiger partial charge on any atom is 0.331 e. The van der Waals surface area contributed by atoms with Crippen molar-refractivity contribution in [1.29, 1.82) is 0 Å². The molecule has 0 saturated heterocycles. The fourth-order valence-electron chi connectivity index (χ4n) is 2.07. The molecule has 0 rings (SSSR count). The number of ether oxygens (including phenoxy) is 1. The van der Waals surface area contributed by atoms with E-state index in [9.17, 15) is 4.79 Å². The van der Waals surface area contributed by atoms with Crippen LogP contribution >= 0.6 is 0 Å². The molecule has 2 nitrogen and oxygen atoms in total. The van der Waals surface area contributed by atoms with E-state index in [1.165, 1.54) is 25.7 Å². The Labute approximate surface area is 131 Å². The Morgan fingerprint density at radius 2 is 1.67 bits per heavy atom. The van der Waals surface area contributed by atoms with E-state index < -0.39 is 0 Å². The average molecular weight is 294 g/mol. The lowest BCUT2D eigenvalue weighted by atomic mass is 9.93. The van der Waals surface area contributed by atoms with E-state index in [2.05, 4.69) is 26.8 Å². The molecule has 0 bridgehead atoms. The number of allylic oxidation sites excluding steroid dienone is 3. The molecule has 0 aliphatic heterocycles. The highest BCUT2D eigenvalue weighted by Crippen LogP contribution is 2.18. The Balaban J connectivity index is 3.94. The van der Waals surface area contributed by atoms with Crippen LogP contribution in [0, 0.1) is 11.8 Å². The fourth-order valence-corrected chi connectivity index (χ4v) is 2.07. The summed E-state index contributed by atoms with van der Waals surface area (Å²) in [5.74, 6) is 1.37. The van der Waals surface area contributed by atoms with Crippen LogP contribution in [0.25, 0.3) is 0 Å². The zero-order chi connectivity index (χ0) is 16.3. The number of carbonyl (C=O) groups is 1. The van der Waals surface area contributed by atoms with Gasteiger partial charge in [0.1, 0.15) is 0 Å². The lowest BCUT2D eigenvalue weighted by Crippen LogP contribution is -2.08. The summed E-state index contributed by atoms with van der Waals surface area (Å²) in [6.07, 6.45) is 11.9. The van der Waals surface area contributed by atoms with Gasteiger partial charge in [-0.3, -0.25) is 0 Å². The van der Waals surface area contributed by atoms with Crippen molar-refractivity contribution in [3.63, 3.8) is 0 Å². The first kappa shape index (κ1) is 19.9. The highest BCUT2D eigenvalue weighted by Gasteiger charge is 2.04. The molecule has 0 fully saturated rings. The van der Waals surface area contributed by atoms with Crippen molar-refractivity contribution in [2.24, 2.45) is 11.8 Å². The molecule has 0 N–H and O–H groups in total. The Hall–Kier alpha value is -1.05. The first-order valence-corrected chi connectivity index (χ1v) is 8.40. The molecule has 0 heterocycles. The van der Waals surface area contributed by atoms with Crippen molar-refractivity contribution < 1.29 is 9.53 Å². The van der Waals surface area contributed by atoms with Crippen LogP contribution in [0.15, 0.2) is 23.8 Å². The maximum absolute atomic E-state index is 11.4. The molecular weight excluding hydrogens is 260 g/mol. The van der Waals surface area contributed by atoms with Crippen LogP contribution < -0.4 is 0 Å².